The van der Waals surface area contributed by atoms with Crippen LogP contribution < -0.4 is 5.73 Å². The molecule has 0 spiro atoms. The summed E-state index contributed by atoms with van der Waals surface area (Å²) in [5, 5.41) is 0. The topological polar surface area (TPSA) is 55.6 Å². The number of likely N-dealkylation sites (N-methyl/N-ethyl adjacent to an activating group) is 1. The lowest BCUT2D eigenvalue weighted by atomic mass is 9.94. The van der Waals surface area contributed by atoms with Gasteiger partial charge in [-0.25, -0.2) is 0 Å². The van der Waals surface area contributed by atoms with Crippen molar-refractivity contribution in [3.05, 3.63) is 0 Å². The van der Waals surface area contributed by atoms with Crippen LogP contribution >= 0.6 is 0 Å². The van der Waals surface area contributed by atoms with Crippen molar-refractivity contribution in [3.63, 3.8) is 0 Å². The van der Waals surface area contributed by atoms with Gasteiger partial charge >= 0.3 is 0 Å². The Kier molecular flexibility index (Phi) is 5.40. The summed E-state index contributed by atoms with van der Waals surface area (Å²) < 4.78 is 5.11. The number of nitrogens with two attached hydrogens (primary N) is 1. The number of carbonyl (C=O) groups is 1. The van der Waals surface area contributed by atoms with E-state index >= 15 is 0 Å². The molecule has 0 saturated heterocycles. The number of hydrogen-bond donors (Lipinski definition) is 1. The van der Waals surface area contributed by atoms with Crippen molar-refractivity contribution < 1.29 is 9.53 Å². The third-order valence-electron chi connectivity index (χ3n) is 3.70. The van der Waals surface area contributed by atoms with E-state index in [9.17, 15) is 4.79 Å². The van der Waals surface area contributed by atoms with Gasteiger partial charge in [-0.15, -0.1) is 0 Å². The predicted octanol–water partition coefficient (Wildman–Crippen LogP) is 1.53. The minimum atomic E-state index is -0.253. The highest BCUT2D eigenvalue weighted by atomic mass is 16.5. The van der Waals surface area contributed by atoms with E-state index in [2.05, 4.69) is 0 Å². The molecule has 0 heterocycles. The molecule has 4 nitrogen and oxygen atoms in total. The van der Waals surface area contributed by atoms with Crippen molar-refractivity contribution >= 4 is 5.91 Å². The molecule has 1 unspecified atom stereocenters. The molecule has 0 bridgehead atoms. The lowest BCUT2D eigenvalue weighted by Crippen LogP contribution is -2.47. The molecule has 0 aromatic rings. The number of carbonyl (C=O) groups excluding carboxylic acids is 1. The second-order valence-corrected chi connectivity index (χ2v) is 5.23. The first kappa shape index (κ1) is 14.5. The van der Waals surface area contributed by atoms with Gasteiger partial charge in [0.1, 0.15) is 0 Å². The molecule has 1 rings (SSSR count). The van der Waals surface area contributed by atoms with Gasteiger partial charge in [0.05, 0.1) is 12.6 Å². The largest absolute Gasteiger partial charge is 0.383 e. The normalized spacial score (nSPS) is 20.2. The average molecular weight is 242 g/mol. The fourth-order valence-corrected chi connectivity index (χ4v) is 2.72. The lowest BCUT2D eigenvalue weighted by molar-refractivity contribution is -0.135. The molecular formula is C13H26N2O2. The van der Waals surface area contributed by atoms with Gasteiger partial charge in [0.15, 0.2) is 0 Å². The van der Waals surface area contributed by atoms with E-state index in [-0.39, 0.29) is 17.5 Å². The summed E-state index contributed by atoms with van der Waals surface area (Å²) in [6.45, 7) is 5.32. The molecule has 0 aromatic carbocycles. The van der Waals surface area contributed by atoms with Crippen LogP contribution in [0.25, 0.3) is 0 Å². The van der Waals surface area contributed by atoms with Gasteiger partial charge in [-0.2, -0.15) is 0 Å². The smallest absolute Gasteiger partial charge is 0.224 e. The van der Waals surface area contributed by atoms with Crippen LogP contribution in [-0.4, -0.2) is 42.6 Å². The summed E-state index contributed by atoms with van der Waals surface area (Å²) in [7, 11) is 1.66. The van der Waals surface area contributed by atoms with Crippen LogP contribution in [0, 0.1) is 0 Å². The van der Waals surface area contributed by atoms with Crippen LogP contribution in [0.3, 0.4) is 0 Å². The fourth-order valence-electron chi connectivity index (χ4n) is 2.72. The Morgan fingerprint density at radius 3 is 2.53 bits per heavy atom. The Morgan fingerprint density at radius 2 is 2.06 bits per heavy atom. The van der Waals surface area contributed by atoms with Gasteiger partial charge in [0.2, 0.25) is 5.91 Å². The van der Waals surface area contributed by atoms with Gasteiger partial charge in [-0.3, -0.25) is 4.79 Å². The van der Waals surface area contributed by atoms with Crippen molar-refractivity contribution in [2.24, 2.45) is 5.73 Å². The second-order valence-electron chi connectivity index (χ2n) is 5.23. The molecule has 1 amide bonds. The zero-order valence-electron chi connectivity index (χ0n) is 11.4. The van der Waals surface area contributed by atoms with E-state index in [1.165, 1.54) is 0 Å². The number of methoxy groups -OCH3 is 1. The minimum Gasteiger partial charge on any atom is -0.383 e. The van der Waals surface area contributed by atoms with E-state index < -0.39 is 0 Å². The lowest BCUT2D eigenvalue weighted by Gasteiger charge is -2.31. The van der Waals surface area contributed by atoms with Crippen molar-refractivity contribution in [2.75, 3.05) is 20.3 Å². The molecular weight excluding hydrogens is 216 g/mol. The Labute approximate surface area is 104 Å². The quantitative estimate of drug-likeness (QED) is 0.768. The van der Waals surface area contributed by atoms with Crippen LogP contribution in [0.1, 0.15) is 46.0 Å². The van der Waals surface area contributed by atoms with Gasteiger partial charge in [0.25, 0.3) is 0 Å². The van der Waals surface area contributed by atoms with Gasteiger partial charge in [-0.05, 0) is 26.7 Å². The first-order chi connectivity index (χ1) is 8.02. The number of rotatable bonds is 6. The van der Waals surface area contributed by atoms with E-state index in [0.29, 0.717) is 13.0 Å². The second kappa shape index (κ2) is 6.36. The zero-order valence-corrected chi connectivity index (χ0v) is 11.4. The summed E-state index contributed by atoms with van der Waals surface area (Å²) in [6.07, 6.45) is 4.76. The summed E-state index contributed by atoms with van der Waals surface area (Å²) in [4.78, 5) is 14.1. The van der Waals surface area contributed by atoms with Gasteiger partial charge in [0, 0.05) is 25.6 Å². The Bertz CT molecular complexity index is 250. The molecule has 0 radical (unpaired) electrons. The Morgan fingerprint density at radius 1 is 1.47 bits per heavy atom. The molecule has 0 aliphatic heterocycles. The van der Waals surface area contributed by atoms with Crippen LogP contribution in [0.5, 0.6) is 0 Å². The van der Waals surface area contributed by atoms with Crippen molar-refractivity contribution in [1.82, 2.24) is 4.90 Å². The first-order valence-electron chi connectivity index (χ1n) is 6.59. The summed E-state index contributed by atoms with van der Waals surface area (Å²) >= 11 is 0. The number of amides is 1. The standard InChI is InChI=1S/C13H26N2O2/c1-4-15(11(2)10-17-3)12(16)9-13(14)7-5-6-8-13/h11H,4-10,14H2,1-3H3. The SMILES string of the molecule is CCN(C(=O)CC1(N)CCCC1)C(C)COC. The molecule has 1 fully saturated rings. The number of hydrogen-bond acceptors (Lipinski definition) is 3. The molecule has 2 N–H and O–H groups in total. The first-order valence-corrected chi connectivity index (χ1v) is 6.59. The highest BCUT2D eigenvalue weighted by Crippen LogP contribution is 2.30. The average Bonchev–Trinajstić information content (AvgIpc) is 2.66. The molecule has 17 heavy (non-hydrogen) atoms. The maximum absolute atomic E-state index is 12.2. The molecule has 0 aromatic heterocycles. The molecule has 100 valence electrons. The van der Waals surface area contributed by atoms with Crippen LogP contribution in [0.4, 0.5) is 0 Å². The van der Waals surface area contributed by atoms with Crippen LogP contribution in [0.2, 0.25) is 0 Å². The summed E-state index contributed by atoms with van der Waals surface area (Å²) in [5.41, 5.74) is 6.00. The molecule has 1 saturated carbocycles. The monoisotopic (exact) mass is 242 g/mol. The minimum absolute atomic E-state index is 0.127. The number of nitrogens with zero attached hydrogens (tertiary/aromatic N) is 1. The third kappa shape index (κ3) is 3.96. The Balaban J connectivity index is 2.54. The summed E-state index contributed by atoms with van der Waals surface area (Å²) in [6, 6.07) is 0.127. The predicted molar refractivity (Wildman–Crippen MR) is 68.7 cm³/mol. The van der Waals surface area contributed by atoms with E-state index in [4.69, 9.17) is 10.5 Å². The number of ether oxygens (including phenoxy) is 1. The highest BCUT2D eigenvalue weighted by molar-refractivity contribution is 5.77. The molecule has 4 heteroatoms. The van der Waals surface area contributed by atoms with E-state index in [1.807, 2.05) is 18.7 Å². The molecule has 1 aliphatic rings. The van der Waals surface area contributed by atoms with Gasteiger partial charge in [-0.1, -0.05) is 12.8 Å². The van der Waals surface area contributed by atoms with Crippen LogP contribution in [0.15, 0.2) is 0 Å². The van der Waals surface area contributed by atoms with Crippen molar-refractivity contribution in [1.29, 1.82) is 0 Å². The third-order valence-corrected chi connectivity index (χ3v) is 3.70. The van der Waals surface area contributed by atoms with Gasteiger partial charge < -0.3 is 15.4 Å². The van der Waals surface area contributed by atoms with E-state index in [1.54, 1.807) is 7.11 Å². The maximum atomic E-state index is 12.2. The molecule has 1 aliphatic carbocycles. The zero-order chi connectivity index (χ0) is 12.9. The summed E-state index contributed by atoms with van der Waals surface area (Å²) in [5.74, 6) is 0.168. The van der Waals surface area contributed by atoms with Crippen molar-refractivity contribution in [3.8, 4) is 0 Å². The Hall–Kier alpha value is -0.610. The maximum Gasteiger partial charge on any atom is 0.224 e. The molecule has 1 atom stereocenters. The van der Waals surface area contributed by atoms with Crippen molar-refractivity contribution in [2.45, 2.75) is 57.5 Å². The fraction of sp³-hybridized carbons (Fsp3) is 0.923. The highest BCUT2D eigenvalue weighted by Gasteiger charge is 2.33. The van der Waals surface area contributed by atoms with E-state index in [0.717, 1.165) is 32.2 Å². The van der Waals surface area contributed by atoms with Crippen LogP contribution in [-0.2, 0) is 9.53 Å².